The van der Waals surface area contributed by atoms with E-state index >= 15 is 0 Å². The van der Waals surface area contributed by atoms with Crippen LogP contribution in [0.3, 0.4) is 0 Å². The quantitative estimate of drug-likeness (QED) is 0.742. The average Bonchev–Trinajstić information content (AvgIpc) is 2.28. The highest BCUT2D eigenvalue weighted by molar-refractivity contribution is 4.73. The van der Waals surface area contributed by atoms with E-state index in [9.17, 15) is 0 Å². The Morgan fingerprint density at radius 1 is 0.950 bits per heavy atom. The Balaban J connectivity index is 2.08. The summed E-state index contributed by atoms with van der Waals surface area (Å²) < 4.78 is 11.8. The van der Waals surface area contributed by atoms with Gasteiger partial charge in [-0.3, -0.25) is 0 Å². The fourth-order valence-electron chi connectivity index (χ4n) is 2.31. The van der Waals surface area contributed by atoms with E-state index in [-0.39, 0.29) is 5.60 Å². The normalized spacial score (nSPS) is 19.5. The minimum atomic E-state index is -0.0195. The molecular weight excluding hydrogens is 250 g/mol. The first-order chi connectivity index (χ1) is 9.16. The van der Waals surface area contributed by atoms with Gasteiger partial charge in [0.15, 0.2) is 0 Å². The summed E-state index contributed by atoms with van der Waals surface area (Å²) in [5, 5.41) is 0. The van der Waals surface area contributed by atoms with Gasteiger partial charge in [0.1, 0.15) is 0 Å². The summed E-state index contributed by atoms with van der Waals surface area (Å²) in [6.07, 6.45) is 3.95. The Hall–Kier alpha value is -0.120. The lowest BCUT2D eigenvalue weighted by Crippen LogP contribution is -2.39. The smallest absolute Gasteiger partial charge is 0.0600 e. The highest BCUT2D eigenvalue weighted by Gasteiger charge is 2.20. The van der Waals surface area contributed by atoms with E-state index in [1.54, 1.807) is 0 Å². The van der Waals surface area contributed by atoms with Crippen molar-refractivity contribution in [2.24, 2.45) is 5.41 Å². The van der Waals surface area contributed by atoms with Crippen molar-refractivity contribution < 1.29 is 9.47 Å². The van der Waals surface area contributed by atoms with Crippen molar-refractivity contribution in [3.8, 4) is 0 Å². The highest BCUT2D eigenvalue weighted by Crippen LogP contribution is 2.20. The van der Waals surface area contributed by atoms with Crippen molar-refractivity contribution >= 4 is 0 Å². The van der Waals surface area contributed by atoms with Crippen LogP contribution in [0.15, 0.2) is 0 Å². The van der Waals surface area contributed by atoms with Gasteiger partial charge < -0.3 is 14.4 Å². The molecule has 1 rings (SSSR count). The van der Waals surface area contributed by atoms with Crippen molar-refractivity contribution in [3.05, 3.63) is 0 Å². The molecule has 0 atom stereocenters. The van der Waals surface area contributed by atoms with E-state index in [0.29, 0.717) is 11.5 Å². The molecule has 1 fully saturated rings. The number of hydrogen-bond donors (Lipinski definition) is 0. The Morgan fingerprint density at radius 2 is 1.55 bits per heavy atom. The third-order valence-corrected chi connectivity index (χ3v) is 3.68. The first-order valence-electron chi connectivity index (χ1n) is 8.14. The third-order valence-electron chi connectivity index (χ3n) is 3.68. The van der Waals surface area contributed by atoms with Gasteiger partial charge in [-0.05, 0) is 45.4 Å². The summed E-state index contributed by atoms with van der Waals surface area (Å²) in [6, 6.07) is 0. The van der Waals surface area contributed by atoms with Gasteiger partial charge in [0.25, 0.3) is 0 Å². The molecule has 120 valence electrons. The van der Waals surface area contributed by atoms with Gasteiger partial charge in [0.2, 0.25) is 0 Å². The average molecular weight is 285 g/mol. The molecule has 1 heterocycles. The zero-order chi connectivity index (χ0) is 15.2. The Labute approximate surface area is 126 Å². The van der Waals surface area contributed by atoms with Crippen LogP contribution in [0, 0.1) is 5.41 Å². The first-order valence-corrected chi connectivity index (χ1v) is 8.14. The molecule has 1 saturated heterocycles. The van der Waals surface area contributed by atoms with E-state index < -0.39 is 0 Å². The maximum Gasteiger partial charge on any atom is 0.0600 e. The summed E-state index contributed by atoms with van der Waals surface area (Å²) in [5.74, 6) is 0. The molecular formula is C17H35NO2. The second-order valence-corrected chi connectivity index (χ2v) is 8.18. The fourth-order valence-corrected chi connectivity index (χ4v) is 2.31. The van der Waals surface area contributed by atoms with Crippen LogP contribution in [0.25, 0.3) is 0 Å². The van der Waals surface area contributed by atoms with Crippen LogP contribution in [-0.4, -0.2) is 49.5 Å². The van der Waals surface area contributed by atoms with Gasteiger partial charge in [-0.25, -0.2) is 0 Å². The maximum atomic E-state index is 6.01. The van der Waals surface area contributed by atoms with E-state index in [4.69, 9.17) is 9.47 Å². The van der Waals surface area contributed by atoms with Crippen molar-refractivity contribution in [1.29, 1.82) is 0 Å². The lowest BCUT2D eigenvalue weighted by molar-refractivity contribution is -0.0312. The molecule has 0 aromatic rings. The molecule has 20 heavy (non-hydrogen) atoms. The van der Waals surface area contributed by atoms with Crippen LogP contribution in [-0.2, 0) is 9.47 Å². The number of ether oxygens (including phenoxy) is 2. The topological polar surface area (TPSA) is 21.7 Å². The maximum absolute atomic E-state index is 6.01. The van der Waals surface area contributed by atoms with Gasteiger partial charge in [-0.2, -0.15) is 0 Å². The molecule has 0 radical (unpaired) electrons. The van der Waals surface area contributed by atoms with E-state index in [1.165, 1.54) is 12.8 Å². The molecule has 3 nitrogen and oxygen atoms in total. The SMILES string of the molecule is CC(C)(C)CCOC1CCN(CCOC(C)(C)C)CC1. The Kier molecular flexibility index (Phi) is 6.96. The molecule has 0 unspecified atom stereocenters. The molecule has 0 spiro atoms. The van der Waals surface area contributed by atoms with Gasteiger partial charge in [-0.15, -0.1) is 0 Å². The van der Waals surface area contributed by atoms with Gasteiger partial charge in [0, 0.05) is 26.2 Å². The number of hydrogen-bond acceptors (Lipinski definition) is 3. The van der Waals surface area contributed by atoms with Crippen molar-refractivity contribution in [2.75, 3.05) is 32.8 Å². The standard InChI is InChI=1S/C17H35NO2/c1-16(2,3)9-13-19-15-7-10-18(11-8-15)12-14-20-17(4,5)6/h15H,7-14H2,1-6H3. The summed E-state index contributed by atoms with van der Waals surface area (Å²) in [6.45, 7) is 18.2. The summed E-state index contributed by atoms with van der Waals surface area (Å²) in [7, 11) is 0. The van der Waals surface area contributed by atoms with Crippen LogP contribution in [0.2, 0.25) is 0 Å². The monoisotopic (exact) mass is 285 g/mol. The van der Waals surface area contributed by atoms with Crippen LogP contribution in [0.1, 0.15) is 60.8 Å². The lowest BCUT2D eigenvalue weighted by Gasteiger charge is -2.33. The molecule has 0 saturated carbocycles. The molecule has 0 amide bonds. The molecule has 0 aromatic heterocycles. The van der Waals surface area contributed by atoms with E-state index in [2.05, 4.69) is 46.4 Å². The summed E-state index contributed by atoms with van der Waals surface area (Å²) in [4.78, 5) is 2.50. The van der Waals surface area contributed by atoms with Crippen molar-refractivity contribution in [3.63, 3.8) is 0 Å². The minimum absolute atomic E-state index is 0.0195. The predicted molar refractivity (Wildman–Crippen MR) is 85.2 cm³/mol. The van der Waals surface area contributed by atoms with Gasteiger partial charge in [-0.1, -0.05) is 20.8 Å². The number of likely N-dealkylation sites (tertiary alicyclic amines) is 1. The van der Waals surface area contributed by atoms with Gasteiger partial charge in [0.05, 0.1) is 18.3 Å². The van der Waals surface area contributed by atoms with Crippen molar-refractivity contribution in [1.82, 2.24) is 4.90 Å². The third kappa shape index (κ3) is 8.93. The van der Waals surface area contributed by atoms with E-state index in [1.807, 2.05) is 0 Å². The molecule has 1 aliphatic rings. The van der Waals surface area contributed by atoms with Crippen LogP contribution in [0.4, 0.5) is 0 Å². The molecule has 1 aliphatic heterocycles. The molecule has 0 N–H and O–H groups in total. The molecule has 0 bridgehead atoms. The zero-order valence-corrected chi connectivity index (χ0v) is 14.5. The number of rotatable bonds is 6. The lowest BCUT2D eigenvalue weighted by atomic mass is 9.93. The van der Waals surface area contributed by atoms with E-state index in [0.717, 1.165) is 39.3 Å². The van der Waals surface area contributed by atoms with Gasteiger partial charge >= 0.3 is 0 Å². The summed E-state index contributed by atoms with van der Waals surface area (Å²) in [5.41, 5.74) is 0.361. The minimum Gasteiger partial charge on any atom is -0.378 e. The number of piperidine rings is 1. The second kappa shape index (κ2) is 7.77. The van der Waals surface area contributed by atoms with Crippen LogP contribution >= 0.6 is 0 Å². The molecule has 0 aromatic carbocycles. The second-order valence-electron chi connectivity index (χ2n) is 8.18. The fraction of sp³-hybridized carbons (Fsp3) is 1.00. The zero-order valence-electron chi connectivity index (χ0n) is 14.5. The highest BCUT2D eigenvalue weighted by atomic mass is 16.5. The summed E-state index contributed by atoms with van der Waals surface area (Å²) >= 11 is 0. The molecule has 3 heteroatoms. The first kappa shape index (κ1) is 17.9. The predicted octanol–water partition coefficient (Wildman–Crippen LogP) is 3.72. The molecule has 0 aliphatic carbocycles. The largest absolute Gasteiger partial charge is 0.378 e. The van der Waals surface area contributed by atoms with Crippen molar-refractivity contribution in [2.45, 2.75) is 72.5 Å². The Bertz CT molecular complexity index is 229. The van der Waals surface area contributed by atoms with Crippen LogP contribution < -0.4 is 0 Å². The Morgan fingerprint density at radius 3 is 2.05 bits per heavy atom. The number of nitrogens with zero attached hydrogens (tertiary/aromatic N) is 1. The van der Waals surface area contributed by atoms with Crippen LogP contribution in [0.5, 0.6) is 0 Å².